The van der Waals surface area contributed by atoms with Gasteiger partial charge >= 0.3 is 5.82 Å². The van der Waals surface area contributed by atoms with Crippen LogP contribution in [0.15, 0.2) is 6.07 Å². The Balaban J connectivity index is 0.00000144. The van der Waals surface area contributed by atoms with Crippen molar-refractivity contribution in [2.24, 2.45) is 5.92 Å². The standard InChI is InChI=1S/C9H13ClN4O2.H2S/c1-12-3-2-7(5-12)6-13-9(14(15)16)4-8(10)11-13;/h4,7H,2-3,5-6H2,1H3;1H2/t7-;/m0./s1. The van der Waals surface area contributed by atoms with E-state index in [1.54, 1.807) is 0 Å². The van der Waals surface area contributed by atoms with Gasteiger partial charge in [-0.25, -0.2) is 0 Å². The maximum absolute atomic E-state index is 10.7. The molecule has 0 amide bonds. The van der Waals surface area contributed by atoms with Crippen LogP contribution in [0.3, 0.4) is 0 Å². The Morgan fingerprint density at radius 1 is 1.71 bits per heavy atom. The summed E-state index contributed by atoms with van der Waals surface area (Å²) in [5.41, 5.74) is 0. The van der Waals surface area contributed by atoms with Gasteiger partial charge in [0.1, 0.15) is 6.54 Å². The van der Waals surface area contributed by atoms with Crippen molar-refractivity contribution in [3.63, 3.8) is 0 Å². The average molecular weight is 279 g/mol. The molecule has 0 bridgehead atoms. The summed E-state index contributed by atoms with van der Waals surface area (Å²) in [5, 5.41) is 14.9. The molecule has 8 heteroatoms. The lowest BCUT2D eigenvalue weighted by Gasteiger charge is -2.07. The zero-order valence-corrected chi connectivity index (χ0v) is 11.2. The molecule has 96 valence electrons. The van der Waals surface area contributed by atoms with Crippen LogP contribution in [0.4, 0.5) is 5.82 Å². The normalized spacial score (nSPS) is 20.2. The summed E-state index contributed by atoms with van der Waals surface area (Å²) in [7, 11) is 2.05. The Labute approximate surface area is 111 Å². The van der Waals surface area contributed by atoms with Gasteiger partial charge in [-0.3, -0.25) is 0 Å². The number of hydrogen-bond acceptors (Lipinski definition) is 4. The Hall–Kier alpha value is -0.790. The maximum atomic E-state index is 10.7. The lowest BCUT2D eigenvalue weighted by molar-refractivity contribution is -0.392. The van der Waals surface area contributed by atoms with Gasteiger partial charge in [0.05, 0.1) is 6.07 Å². The molecule has 0 unspecified atom stereocenters. The van der Waals surface area contributed by atoms with E-state index in [1.807, 2.05) is 7.05 Å². The molecule has 2 heterocycles. The van der Waals surface area contributed by atoms with Crippen LogP contribution in [0.1, 0.15) is 6.42 Å². The summed E-state index contributed by atoms with van der Waals surface area (Å²) in [6, 6.07) is 1.29. The van der Waals surface area contributed by atoms with Crippen molar-refractivity contribution in [2.45, 2.75) is 13.0 Å². The summed E-state index contributed by atoms with van der Waals surface area (Å²) in [4.78, 5) is 12.5. The minimum absolute atomic E-state index is 0. The molecule has 0 spiro atoms. The first-order valence-corrected chi connectivity index (χ1v) is 5.50. The van der Waals surface area contributed by atoms with Gasteiger partial charge in [0.15, 0.2) is 5.15 Å². The predicted molar refractivity (Wildman–Crippen MR) is 69.9 cm³/mol. The second-order valence-corrected chi connectivity index (χ2v) is 4.57. The van der Waals surface area contributed by atoms with Crippen molar-refractivity contribution >= 4 is 30.9 Å². The monoisotopic (exact) mass is 278 g/mol. The highest BCUT2D eigenvalue weighted by Crippen LogP contribution is 2.22. The summed E-state index contributed by atoms with van der Waals surface area (Å²) in [5.74, 6) is 0.388. The number of rotatable bonds is 3. The number of hydrogen-bond donors (Lipinski definition) is 0. The fourth-order valence-electron chi connectivity index (χ4n) is 2.08. The highest BCUT2D eigenvalue weighted by Gasteiger charge is 2.26. The number of nitrogens with zero attached hydrogens (tertiary/aromatic N) is 4. The van der Waals surface area contributed by atoms with Gasteiger partial charge in [-0.2, -0.15) is 13.5 Å². The van der Waals surface area contributed by atoms with Gasteiger partial charge in [0.2, 0.25) is 0 Å². The lowest BCUT2D eigenvalue weighted by atomic mass is 10.1. The van der Waals surface area contributed by atoms with Crippen molar-refractivity contribution in [1.29, 1.82) is 0 Å². The van der Waals surface area contributed by atoms with Gasteiger partial charge in [0, 0.05) is 12.5 Å². The zero-order valence-electron chi connectivity index (χ0n) is 9.47. The van der Waals surface area contributed by atoms with E-state index in [2.05, 4.69) is 10.00 Å². The molecule has 1 aromatic rings. The summed E-state index contributed by atoms with van der Waals surface area (Å²) >= 11 is 5.68. The molecular formula is C9H15ClN4O2S. The first kappa shape index (κ1) is 14.3. The topological polar surface area (TPSA) is 64.2 Å². The molecule has 0 N–H and O–H groups in total. The van der Waals surface area contributed by atoms with Gasteiger partial charge in [-0.1, -0.05) is 16.7 Å². The zero-order chi connectivity index (χ0) is 11.7. The molecule has 2 rings (SSSR count). The van der Waals surface area contributed by atoms with Gasteiger partial charge < -0.3 is 15.0 Å². The lowest BCUT2D eigenvalue weighted by Crippen LogP contribution is -2.18. The Bertz CT molecular complexity index is 412. The average Bonchev–Trinajstić information content (AvgIpc) is 2.74. The van der Waals surface area contributed by atoms with E-state index in [1.165, 1.54) is 10.7 Å². The Kier molecular flexibility index (Phi) is 4.79. The fourth-order valence-corrected chi connectivity index (χ4v) is 2.27. The predicted octanol–water partition coefficient (Wildman–Crippen LogP) is 1.51. The largest absolute Gasteiger partial charge is 0.358 e. The molecule has 0 saturated carbocycles. The summed E-state index contributed by atoms with van der Waals surface area (Å²) in [6.07, 6.45) is 1.05. The third-order valence-corrected chi connectivity index (χ3v) is 3.02. The van der Waals surface area contributed by atoms with Crippen LogP contribution < -0.4 is 0 Å². The summed E-state index contributed by atoms with van der Waals surface area (Å²) < 4.78 is 1.40. The smallest absolute Gasteiger partial charge is 0.346 e. The molecule has 17 heavy (non-hydrogen) atoms. The molecule has 0 aromatic carbocycles. The van der Waals surface area contributed by atoms with E-state index in [9.17, 15) is 10.1 Å². The van der Waals surface area contributed by atoms with Crippen molar-refractivity contribution in [1.82, 2.24) is 14.7 Å². The van der Waals surface area contributed by atoms with Gasteiger partial charge in [-0.15, -0.1) is 4.68 Å². The Morgan fingerprint density at radius 2 is 2.41 bits per heavy atom. The third-order valence-electron chi connectivity index (χ3n) is 2.84. The second-order valence-electron chi connectivity index (χ2n) is 4.18. The quantitative estimate of drug-likeness (QED) is 0.621. The molecular weight excluding hydrogens is 264 g/mol. The van der Waals surface area contributed by atoms with Crippen molar-refractivity contribution in [3.05, 3.63) is 21.3 Å². The molecule has 1 atom stereocenters. The first-order valence-electron chi connectivity index (χ1n) is 5.12. The third kappa shape index (κ3) is 3.34. The van der Waals surface area contributed by atoms with Gasteiger partial charge in [0.25, 0.3) is 0 Å². The second kappa shape index (κ2) is 5.70. The minimum atomic E-state index is -0.447. The summed E-state index contributed by atoms with van der Waals surface area (Å²) in [6.45, 7) is 2.55. The fraction of sp³-hybridized carbons (Fsp3) is 0.667. The number of nitro groups is 1. The molecule has 1 aliphatic rings. The van der Waals surface area contributed by atoms with Crippen LogP contribution in [-0.2, 0) is 6.54 Å². The van der Waals surface area contributed by atoms with E-state index in [-0.39, 0.29) is 24.5 Å². The van der Waals surface area contributed by atoms with E-state index < -0.39 is 4.92 Å². The molecule has 1 aliphatic heterocycles. The van der Waals surface area contributed by atoms with Crippen LogP contribution in [0.25, 0.3) is 0 Å². The molecule has 1 saturated heterocycles. The van der Waals surface area contributed by atoms with E-state index in [4.69, 9.17) is 11.6 Å². The number of aromatic nitrogens is 2. The van der Waals surface area contributed by atoms with Gasteiger partial charge in [-0.05, 0) is 24.9 Å². The minimum Gasteiger partial charge on any atom is -0.358 e. The molecule has 6 nitrogen and oxygen atoms in total. The molecule has 0 aliphatic carbocycles. The van der Waals surface area contributed by atoms with Crippen LogP contribution in [0, 0.1) is 16.0 Å². The van der Waals surface area contributed by atoms with Crippen LogP contribution in [-0.4, -0.2) is 39.7 Å². The maximum Gasteiger partial charge on any atom is 0.346 e. The number of likely N-dealkylation sites (tertiary alicyclic amines) is 1. The van der Waals surface area contributed by atoms with Crippen LogP contribution in [0.5, 0.6) is 0 Å². The van der Waals surface area contributed by atoms with Crippen molar-refractivity contribution < 1.29 is 4.92 Å². The van der Waals surface area contributed by atoms with Crippen LogP contribution in [0.2, 0.25) is 5.15 Å². The Morgan fingerprint density at radius 3 is 2.94 bits per heavy atom. The molecule has 1 aromatic heterocycles. The molecule has 0 radical (unpaired) electrons. The van der Waals surface area contributed by atoms with E-state index in [0.29, 0.717) is 12.5 Å². The van der Waals surface area contributed by atoms with E-state index in [0.717, 1.165) is 19.5 Å². The highest BCUT2D eigenvalue weighted by molar-refractivity contribution is 7.59. The molecule has 1 fully saturated rings. The van der Waals surface area contributed by atoms with Crippen molar-refractivity contribution in [2.75, 3.05) is 20.1 Å². The van der Waals surface area contributed by atoms with E-state index >= 15 is 0 Å². The van der Waals surface area contributed by atoms with Crippen LogP contribution >= 0.6 is 25.1 Å². The first-order chi connectivity index (χ1) is 7.56. The van der Waals surface area contributed by atoms with Crippen molar-refractivity contribution in [3.8, 4) is 0 Å². The SMILES string of the molecule is CN1CC[C@H](Cn2nc(Cl)cc2[N+](=O)[O-])C1.S. The highest BCUT2D eigenvalue weighted by atomic mass is 35.5. The number of halogens is 1.